The van der Waals surface area contributed by atoms with Gasteiger partial charge >= 0.3 is 0 Å². The Kier molecular flexibility index (Phi) is 3.80. The van der Waals surface area contributed by atoms with E-state index in [2.05, 4.69) is 17.4 Å². The molecule has 3 heteroatoms. The van der Waals surface area contributed by atoms with Gasteiger partial charge in [-0.2, -0.15) is 0 Å². The van der Waals surface area contributed by atoms with Crippen molar-refractivity contribution in [2.75, 3.05) is 20.8 Å². The number of benzene rings is 1. The van der Waals surface area contributed by atoms with Crippen molar-refractivity contribution in [1.82, 2.24) is 5.32 Å². The van der Waals surface area contributed by atoms with Crippen molar-refractivity contribution in [1.29, 1.82) is 0 Å². The van der Waals surface area contributed by atoms with Crippen molar-refractivity contribution in [3.05, 3.63) is 29.8 Å². The van der Waals surface area contributed by atoms with E-state index in [9.17, 15) is 0 Å². The zero-order valence-electron chi connectivity index (χ0n) is 9.90. The van der Waals surface area contributed by atoms with Gasteiger partial charge in [0.1, 0.15) is 5.75 Å². The molecule has 0 saturated carbocycles. The Labute approximate surface area is 96.8 Å². The molecule has 1 aromatic rings. The largest absolute Gasteiger partial charge is 0.496 e. The summed E-state index contributed by atoms with van der Waals surface area (Å²) in [6, 6.07) is 8.59. The molecule has 1 aromatic carbocycles. The van der Waals surface area contributed by atoms with Crippen LogP contribution < -0.4 is 10.1 Å². The lowest BCUT2D eigenvalue weighted by atomic mass is 9.95. The van der Waals surface area contributed by atoms with Gasteiger partial charge < -0.3 is 14.8 Å². The molecule has 1 N–H and O–H groups in total. The second-order valence-corrected chi connectivity index (χ2v) is 4.14. The third kappa shape index (κ3) is 2.36. The van der Waals surface area contributed by atoms with Crippen LogP contribution in [0.25, 0.3) is 0 Å². The van der Waals surface area contributed by atoms with Gasteiger partial charge in [0.05, 0.1) is 13.2 Å². The second-order valence-electron chi connectivity index (χ2n) is 4.14. The van der Waals surface area contributed by atoms with Crippen molar-refractivity contribution < 1.29 is 9.47 Å². The highest BCUT2D eigenvalue weighted by molar-refractivity contribution is 5.36. The first-order chi connectivity index (χ1) is 7.85. The maximum atomic E-state index is 5.38. The fourth-order valence-electron chi connectivity index (χ4n) is 2.25. The van der Waals surface area contributed by atoms with Crippen LogP contribution in [-0.4, -0.2) is 26.9 Å². The molecular formula is C13H19NO2. The van der Waals surface area contributed by atoms with E-state index < -0.39 is 0 Å². The van der Waals surface area contributed by atoms with Gasteiger partial charge in [-0.3, -0.25) is 0 Å². The highest BCUT2D eigenvalue weighted by Crippen LogP contribution is 2.30. The number of hydrogen-bond acceptors (Lipinski definition) is 3. The molecule has 1 saturated heterocycles. The Balaban J connectivity index is 2.07. The van der Waals surface area contributed by atoms with E-state index in [0.29, 0.717) is 12.1 Å². The summed E-state index contributed by atoms with van der Waals surface area (Å²) in [5, 5.41) is 3.51. The van der Waals surface area contributed by atoms with Gasteiger partial charge in [-0.05, 0) is 18.9 Å². The molecule has 88 valence electrons. The molecule has 3 nitrogen and oxygen atoms in total. The summed E-state index contributed by atoms with van der Waals surface area (Å²) in [4.78, 5) is 0. The topological polar surface area (TPSA) is 30.5 Å². The molecule has 2 atom stereocenters. The minimum Gasteiger partial charge on any atom is -0.496 e. The van der Waals surface area contributed by atoms with Crippen LogP contribution >= 0.6 is 0 Å². The molecule has 16 heavy (non-hydrogen) atoms. The van der Waals surface area contributed by atoms with Gasteiger partial charge in [0.25, 0.3) is 0 Å². The Hall–Kier alpha value is -1.06. The molecule has 1 aliphatic rings. The number of para-hydroxylation sites is 1. The summed E-state index contributed by atoms with van der Waals surface area (Å²) in [7, 11) is 3.50. The predicted octanol–water partition coefficient (Wildman–Crippen LogP) is 2.13. The lowest BCUT2D eigenvalue weighted by Crippen LogP contribution is -2.37. The number of methoxy groups -OCH3 is 2. The fraction of sp³-hybridized carbons (Fsp3) is 0.538. The van der Waals surface area contributed by atoms with E-state index in [-0.39, 0.29) is 0 Å². The number of ether oxygens (including phenoxy) is 2. The van der Waals surface area contributed by atoms with Crippen LogP contribution in [0.4, 0.5) is 0 Å². The second kappa shape index (κ2) is 5.32. The maximum absolute atomic E-state index is 5.38. The highest BCUT2D eigenvalue weighted by Gasteiger charge is 2.23. The average Bonchev–Trinajstić information content (AvgIpc) is 2.39. The molecule has 2 rings (SSSR count). The predicted molar refractivity (Wildman–Crippen MR) is 63.8 cm³/mol. The number of hydrogen-bond donors (Lipinski definition) is 1. The van der Waals surface area contributed by atoms with E-state index in [4.69, 9.17) is 9.47 Å². The van der Waals surface area contributed by atoms with E-state index in [0.717, 1.165) is 25.1 Å². The monoisotopic (exact) mass is 221 g/mol. The zero-order chi connectivity index (χ0) is 11.4. The summed E-state index contributed by atoms with van der Waals surface area (Å²) >= 11 is 0. The summed E-state index contributed by atoms with van der Waals surface area (Å²) in [5.74, 6) is 0.968. The minimum absolute atomic E-state index is 0.353. The van der Waals surface area contributed by atoms with Gasteiger partial charge in [0, 0.05) is 25.3 Å². The van der Waals surface area contributed by atoms with Gasteiger partial charge in [-0.15, -0.1) is 0 Å². The average molecular weight is 221 g/mol. The van der Waals surface area contributed by atoms with Gasteiger partial charge in [0.2, 0.25) is 0 Å². The third-order valence-electron chi connectivity index (χ3n) is 3.22. The maximum Gasteiger partial charge on any atom is 0.123 e. The Morgan fingerprint density at radius 2 is 2.00 bits per heavy atom. The van der Waals surface area contributed by atoms with Gasteiger partial charge in [0.15, 0.2) is 0 Å². The molecule has 0 aliphatic carbocycles. The standard InChI is InChI=1S/C13H19NO2/c1-15-10-7-8-12(14-9-10)11-5-3-4-6-13(11)16-2/h3-6,10,12,14H,7-9H2,1-2H3. The first-order valence-electron chi connectivity index (χ1n) is 5.74. The van der Waals surface area contributed by atoms with Crippen LogP contribution in [-0.2, 0) is 4.74 Å². The van der Waals surface area contributed by atoms with Crippen LogP contribution in [0.2, 0.25) is 0 Å². The number of piperidine rings is 1. The zero-order valence-corrected chi connectivity index (χ0v) is 9.90. The third-order valence-corrected chi connectivity index (χ3v) is 3.22. The van der Waals surface area contributed by atoms with Crippen molar-refractivity contribution in [3.63, 3.8) is 0 Å². The van der Waals surface area contributed by atoms with E-state index in [1.54, 1.807) is 14.2 Å². The fourth-order valence-corrected chi connectivity index (χ4v) is 2.25. The summed E-state index contributed by atoms with van der Waals surface area (Å²) in [6.07, 6.45) is 2.55. The van der Waals surface area contributed by atoms with Crippen LogP contribution in [0, 0.1) is 0 Å². The van der Waals surface area contributed by atoms with Crippen LogP contribution in [0.5, 0.6) is 5.75 Å². The molecule has 0 spiro atoms. The Morgan fingerprint density at radius 3 is 2.62 bits per heavy atom. The Morgan fingerprint density at radius 1 is 1.19 bits per heavy atom. The molecule has 1 aliphatic heterocycles. The Bertz CT molecular complexity index is 332. The molecule has 2 unspecified atom stereocenters. The minimum atomic E-state index is 0.353. The molecule has 0 radical (unpaired) electrons. The van der Waals surface area contributed by atoms with Crippen molar-refractivity contribution in [2.45, 2.75) is 25.0 Å². The highest BCUT2D eigenvalue weighted by atomic mass is 16.5. The van der Waals surface area contributed by atoms with E-state index in [1.165, 1.54) is 5.56 Å². The van der Waals surface area contributed by atoms with Crippen molar-refractivity contribution in [2.24, 2.45) is 0 Å². The van der Waals surface area contributed by atoms with Gasteiger partial charge in [-0.25, -0.2) is 0 Å². The smallest absolute Gasteiger partial charge is 0.123 e. The summed E-state index contributed by atoms with van der Waals surface area (Å²) in [6.45, 7) is 0.916. The molecule has 1 heterocycles. The lowest BCUT2D eigenvalue weighted by Gasteiger charge is -2.30. The normalized spacial score (nSPS) is 25.4. The molecular weight excluding hydrogens is 202 g/mol. The molecule has 0 aromatic heterocycles. The quantitative estimate of drug-likeness (QED) is 0.848. The van der Waals surface area contributed by atoms with Crippen LogP contribution in [0.1, 0.15) is 24.4 Å². The molecule has 1 fully saturated rings. The first kappa shape index (κ1) is 11.4. The number of rotatable bonds is 3. The number of nitrogens with one attached hydrogen (secondary N) is 1. The van der Waals surface area contributed by atoms with Crippen molar-refractivity contribution in [3.8, 4) is 5.75 Å². The van der Waals surface area contributed by atoms with E-state index >= 15 is 0 Å². The summed E-state index contributed by atoms with van der Waals surface area (Å²) < 4.78 is 10.7. The lowest BCUT2D eigenvalue weighted by molar-refractivity contribution is 0.0702. The van der Waals surface area contributed by atoms with Crippen LogP contribution in [0.15, 0.2) is 24.3 Å². The first-order valence-corrected chi connectivity index (χ1v) is 5.74. The van der Waals surface area contributed by atoms with Crippen LogP contribution in [0.3, 0.4) is 0 Å². The molecule has 0 amide bonds. The molecule has 0 bridgehead atoms. The van der Waals surface area contributed by atoms with Gasteiger partial charge in [-0.1, -0.05) is 18.2 Å². The SMILES string of the molecule is COc1ccccc1C1CCC(OC)CN1. The van der Waals surface area contributed by atoms with E-state index in [1.807, 2.05) is 12.1 Å². The summed E-state index contributed by atoms with van der Waals surface area (Å²) in [5.41, 5.74) is 1.25. The van der Waals surface area contributed by atoms with Crippen molar-refractivity contribution >= 4 is 0 Å².